The van der Waals surface area contributed by atoms with Crippen molar-refractivity contribution in [2.75, 3.05) is 32.4 Å². The van der Waals surface area contributed by atoms with Gasteiger partial charge in [-0.15, -0.1) is 16.8 Å². The highest BCUT2D eigenvalue weighted by atomic mass is 32.2. The Bertz CT molecular complexity index is 805. The number of ether oxygens (including phenoxy) is 3. The van der Waals surface area contributed by atoms with E-state index in [4.69, 9.17) is 14.2 Å². The third-order valence-corrected chi connectivity index (χ3v) is 5.08. The predicted octanol–water partition coefficient (Wildman–Crippen LogP) is 3.49. The van der Waals surface area contributed by atoms with E-state index in [-0.39, 0.29) is 5.91 Å². The summed E-state index contributed by atoms with van der Waals surface area (Å²) in [5.41, 5.74) is 0.680. The Morgan fingerprint density at radius 1 is 1.23 bits per heavy atom. The van der Waals surface area contributed by atoms with Gasteiger partial charge in [0.25, 0.3) is 0 Å². The summed E-state index contributed by atoms with van der Waals surface area (Å²) < 4.78 is 16.7. The Balaban J connectivity index is 2.10. The normalized spacial score (nSPS) is 10.6. The van der Waals surface area contributed by atoms with E-state index in [0.717, 1.165) is 10.1 Å². The van der Waals surface area contributed by atoms with Crippen molar-refractivity contribution in [2.45, 2.75) is 4.34 Å². The predicted molar refractivity (Wildman–Crippen MR) is 105 cm³/mol. The highest BCUT2D eigenvalue weighted by Crippen LogP contribution is 2.40. The van der Waals surface area contributed by atoms with Crippen LogP contribution in [0.1, 0.15) is 5.56 Å². The maximum Gasteiger partial charge on any atom is 0.250 e. The van der Waals surface area contributed by atoms with Crippen LogP contribution in [0, 0.1) is 0 Å². The van der Waals surface area contributed by atoms with Gasteiger partial charge < -0.3 is 14.2 Å². The van der Waals surface area contributed by atoms with Gasteiger partial charge in [0.1, 0.15) is 0 Å². The lowest BCUT2D eigenvalue weighted by atomic mass is 10.1. The van der Waals surface area contributed by atoms with Gasteiger partial charge in [0.05, 0.1) is 21.3 Å². The fourth-order valence-electron chi connectivity index (χ4n) is 2.02. The van der Waals surface area contributed by atoms with Crippen LogP contribution in [0.4, 0.5) is 5.13 Å². The summed E-state index contributed by atoms with van der Waals surface area (Å²) in [7, 11) is 4.60. The molecule has 0 bridgehead atoms. The third-order valence-electron chi connectivity index (χ3n) is 3.11. The first kappa shape index (κ1) is 19.8. The van der Waals surface area contributed by atoms with Crippen molar-refractivity contribution in [3.63, 3.8) is 0 Å². The van der Waals surface area contributed by atoms with E-state index >= 15 is 0 Å². The van der Waals surface area contributed by atoms with Crippen molar-refractivity contribution in [3.05, 3.63) is 36.4 Å². The Kier molecular flexibility index (Phi) is 7.49. The van der Waals surface area contributed by atoms with Crippen molar-refractivity contribution < 1.29 is 19.0 Å². The maximum absolute atomic E-state index is 12.1. The van der Waals surface area contributed by atoms with Gasteiger partial charge in [-0.3, -0.25) is 10.1 Å². The van der Waals surface area contributed by atoms with Crippen molar-refractivity contribution in [1.29, 1.82) is 0 Å². The van der Waals surface area contributed by atoms with Gasteiger partial charge in [-0.25, -0.2) is 0 Å². The van der Waals surface area contributed by atoms with Crippen LogP contribution < -0.4 is 19.5 Å². The zero-order valence-electron chi connectivity index (χ0n) is 14.6. The van der Waals surface area contributed by atoms with Crippen LogP contribution >= 0.6 is 23.1 Å². The van der Waals surface area contributed by atoms with Crippen LogP contribution in [-0.2, 0) is 4.79 Å². The molecule has 0 radical (unpaired) electrons. The lowest BCUT2D eigenvalue weighted by Gasteiger charge is -2.13. The van der Waals surface area contributed by atoms with Crippen LogP contribution in [0.3, 0.4) is 0 Å². The molecule has 138 valence electrons. The molecule has 0 saturated heterocycles. The van der Waals surface area contributed by atoms with Gasteiger partial charge >= 0.3 is 0 Å². The minimum atomic E-state index is -0.321. The number of nitrogens with one attached hydrogen (secondary N) is 1. The molecule has 7 nitrogen and oxygen atoms in total. The van der Waals surface area contributed by atoms with E-state index in [1.807, 2.05) is 0 Å². The second kappa shape index (κ2) is 9.83. The summed E-state index contributed by atoms with van der Waals surface area (Å²) in [5.74, 6) is 1.91. The summed E-state index contributed by atoms with van der Waals surface area (Å²) in [5, 5.41) is 11.0. The van der Waals surface area contributed by atoms with Crippen LogP contribution in [0.5, 0.6) is 17.2 Å². The molecule has 1 aromatic carbocycles. The molecule has 2 rings (SSSR count). The average molecular weight is 393 g/mol. The van der Waals surface area contributed by atoms with Gasteiger partial charge in [-0.1, -0.05) is 29.2 Å². The number of carbonyl (C=O) groups is 1. The summed E-state index contributed by atoms with van der Waals surface area (Å²) >= 11 is 2.81. The van der Waals surface area contributed by atoms with Gasteiger partial charge in [-0.05, 0) is 18.2 Å². The molecule has 0 spiro atoms. The molecule has 0 atom stereocenters. The number of methoxy groups -OCH3 is 3. The van der Waals surface area contributed by atoms with E-state index in [2.05, 4.69) is 22.1 Å². The number of nitrogens with zero attached hydrogens (tertiary/aromatic N) is 2. The summed E-state index contributed by atoms with van der Waals surface area (Å²) in [6, 6.07) is 3.52. The number of amides is 1. The highest BCUT2D eigenvalue weighted by Gasteiger charge is 2.14. The second-order valence-electron chi connectivity index (χ2n) is 4.72. The Morgan fingerprint density at radius 3 is 2.65 bits per heavy atom. The Labute approximate surface area is 160 Å². The van der Waals surface area contributed by atoms with E-state index in [9.17, 15) is 4.79 Å². The molecule has 2 aromatic rings. The zero-order valence-corrected chi connectivity index (χ0v) is 16.3. The number of rotatable bonds is 9. The molecule has 0 saturated carbocycles. The maximum atomic E-state index is 12.1. The van der Waals surface area contributed by atoms with E-state index < -0.39 is 0 Å². The number of hydrogen-bond donors (Lipinski definition) is 1. The lowest BCUT2D eigenvalue weighted by molar-refractivity contribution is -0.111. The number of anilines is 1. The first-order valence-electron chi connectivity index (χ1n) is 7.48. The quantitative estimate of drug-likeness (QED) is 0.302. The monoisotopic (exact) mass is 393 g/mol. The van der Waals surface area contributed by atoms with Gasteiger partial charge in [-0.2, -0.15) is 0 Å². The molecule has 26 heavy (non-hydrogen) atoms. The zero-order chi connectivity index (χ0) is 18.9. The highest BCUT2D eigenvalue weighted by molar-refractivity contribution is 8.01. The third kappa shape index (κ3) is 4.99. The summed E-state index contributed by atoms with van der Waals surface area (Å²) in [6.07, 6.45) is 4.80. The number of thioether (sulfide) groups is 1. The summed E-state index contributed by atoms with van der Waals surface area (Å²) in [6.45, 7) is 3.65. The van der Waals surface area contributed by atoms with E-state index in [1.54, 1.807) is 31.4 Å². The van der Waals surface area contributed by atoms with Gasteiger partial charge in [0, 0.05) is 17.4 Å². The molecule has 0 aliphatic heterocycles. The molecule has 0 aliphatic carbocycles. The van der Waals surface area contributed by atoms with Gasteiger partial charge in [0.15, 0.2) is 15.8 Å². The van der Waals surface area contributed by atoms with Gasteiger partial charge in [0.2, 0.25) is 16.8 Å². The fourth-order valence-corrected chi connectivity index (χ4v) is 3.53. The largest absolute Gasteiger partial charge is 0.493 e. The van der Waals surface area contributed by atoms with Crippen LogP contribution in [-0.4, -0.2) is 43.2 Å². The van der Waals surface area contributed by atoms with Crippen molar-refractivity contribution in [3.8, 4) is 17.2 Å². The first-order valence-corrected chi connectivity index (χ1v) is 9.28. The first-order chi connectivity index (χ1) is 12.6. The molecular weight excluding hydrogens is 374 g/mol. The van der Waals surface area contributed by atoms with Crippen molar-refractivity contribution in [2.24, 2.45) is 0 Å². The minimum absolute atomic E-state index is 0.321. The average Bonchev–Trinajstić information content (AvgIpc) is 3.10. The van der Waals surface area contributed by atoms with Crippen molar-refractivity contribution >= 4 is 40.2 Å². The van der Waals surface area contributed by atoms with Crippen LogP contribution in [0.2, 0.25) is 0 Å². The number of hydrogen-bond acceptors (Lipinski definition) is 8. The Morgan fingerprint density at radius 2 is 2.00 bits per heavy atom. The smallest absolute Gasteiger partial charge is 0.250 e. The lowest BCUT2D eigenvalue weighted by Crippen LogP contribution is -2.07. The molecule has 1 amide bonds. The molecular formula is C17H19N3O4S2. The summed E-state index contributed by atoms with van der Waals surface area (Å²) in [4.78, 5) is 12.1. The topological polar surface area (TPSA) is 82.6 Å². The molecule has 1 heterocycles. The molecule has 0 aliphatic rings. The standard InChI is InChI=1S/C17H19N3O4S2/c1-5-10-25-17-20-19-16(26-17)18-13(21)9-7-11-6-8-12(22-2)15(24-4)14(11)23-3/h5-9H,1,10H2,2-4H3,(H,18,19,21)/b9-7+. The molecule has 0 fully saturated rings. The minimum Gasteiger partial charge on any atom is -0.493 e. The number of carbonyl (C=O) groups excluding carboxylic acids is 1. The van der Waals surface area contributed by atoms with Crippen LogP contribution in [0.25, 0.3) is 6.08 Å². The molecule has 9 heteroatoms. The fraction of sp³-hybridized carbons (Fsp3) is 0.235. The number of aromatic nitrogens is 2. The molecule has 1 N–H and O–H groups in total. The van der Waals surface area contributed by atoms with Crippen LogP contribution in [0.15, 0.2) is 35.2 Å². The second-order valence-corrected chi connectivity index (χ2v) is 6.96. The SMILES string of the molecule is C=CCSc1nnc(NC(=O)/C=C/c2ccc(OC)c(OC)c2OC)s1. The van der Waals surface area contributed by atoms with Crippen molar-refractivity contribution in [1.82, 2.24) is 10.2 Å². The van der Waals surface area contributed by atoms with E-state index in [1.165, 1.54) is 43.4 Å². The molecule has 0 unspecified atom stereocenters. The number of benzene rings is 1. The Hall–Kier alpha value is -2.52. The molecule has 1 aromatic heterocycles. The van der Waals surface area contributed by atoms with E-state index in [0.29, 0.717) is 27.9 Å².